The Morgan fingerprint density at radius 1 is 1.08 bits per heavy atom. The van der Waals surface area contributed by atoms with Gasteiger partial charge in [-0.15, -0.1) is 11.3 Å². The van der Waals surface area contributed by atoms with E-state index in [2.05, 4.69) is 0 Å². The molecular formula is C25H18Cl2F3NO5S. The quantitative estimate of drug-likeness (QED) is 0.202. The summed E-state index contributed by atoms with van der Waals surface area (Å²) in [5.41, 5.74) is -0.948. The maximum absolute atomic E-state index is 13.4. The van der Waals surface area contributed by atoms with Crippen LogP contribution in [0.2, 0.25) is 10.0 Å². The lowest BCUT2D eigenvalue weighted by Crippen LogP contribution is -2.29. The van der Waals surface area contributed by atoms with E-state index in [1.165, 1.54) is 37.7 Å². The Balaban J connectivity index is 2.01. The second kappa shape index (κ2) is 9.92. The van der Waals surface area contributed by atoms with Crippen LogP contribution in [0.15, 0.2) is 47.4 Å². The molecule has 6 nitrogen and oxygen atoms in total. The zero-order valence-electron chi connectivity index (χ0n) is 19.4. The van der Waals surface area contributed by atoms with Crippen molar-refractivity contribution >= 4 is 57.7 Å². The van der Waals surface area contributed by atoms with Crippen molar-refractivity contribution in [2.45, 2.75) is 19.1 Å². The molecule has 3 aromatic rings. The van der Waals surface area contributed by atoms with E-state index in [1.54, 1.807) is 18.4 Å². The van der Waals surface area contributed by atoms with Crippen molar-refractivity contribution in [2.75, 3.05) is 19.1 Å². The van der Waals surface area contributed by atoms with E-state index >= 15 is 0 Å². The third-order valence-corrected chi connectivity index (χ3v) is 7.54. The number of carbonyl (C=O) groups excluding carboxylic acids is 2. The fraction of sp³-hybridized carbons (Fsp3) is 0.200. The highest BCUT2D eigenvalue weighted by molar-refractivity contribution is 7.10. The molecule has 0 saturated carbocycles. The van der Waals surface area contributed by atoms with Crippen LogP contribution in [0.4, 0.5) is 18.9 Å². The van der Waals surface area contributed by atoms with Gasteiger partial charge in [-0.1, -0.05) is 29.3 Å². The van der Waals surface area contributed by atoms with Crippen LogP contribution in [0, 0.1) is 6.92 Å². The van der Waals surface area contributed by atoms with Crippen LogP contribution < -0.4 is 14.4 Å². The van der Waals surface area contributed by atoms with Crippen LogP contribution in [0.3, 0.4) is 0 Å². The first-order chi connectivity index (χ1) is 17.4. The molecule has 1 amide bonds. The molecule has 1 unspecified atom stereocenters. The Morgan fingerprint density at radius 2 is 1.76 bits per heavy atom. The molecule has 0 spiro atoms. The summed E-state index contributed by atoms with van der Waals surface area (Å²) in [4.78, 5) is 28.0. The number of aryl methyl sites for hydroxylation is 1. The van der Waals surface area contributed by atoms with Crippen LogP contribution in [0.5, 0.6) is 11.5 Å². The van der Waals surface area contributed by atoms with Crippen molar-refractivity contribution in [1.29, 1.82) is 0 Å². The smallest absolute Gasteiger partial charge is 0.416 e. The van der Waals surface area contributed by atoms with Gasteiger partial charge in [-0.2, -0.15) is 13.2 Å². The standard InChI is InChI=1S/C25H18Cl2F3NO5S/c1-11-7-8-37-23(11)18-16(19(32)14-10-15(26)22(36-3)17(27)21(14)35-2)20(33)24(34)31(18)13-6-4-5-12(9-13)25(28,29)30/h4-10,18,32H,1-3H3/b19-16+. The van der Waals surface area contributed by atoms with Crippen LogP contribution >= 0.6 is 34.5 Å². The number of Topliss-reactive ketones (excluding diaryl/α,β-unsaturated/α-hetero) is 1. The fourth-order valence-electron chi connectivity index (χ4n) is 4.14. The average molecular weight is 572 g/mol. The maximum Gasteiger partial charge on any atom is 0.416 e. The number of hydrogen-bond acceptors (Lipinski definition) is 6. The lowest BCUT2D eigenvalue weighted by atomic mass is 9.97. The normalized spacial score (nSPS) is 17.4. The Bertz CT molecular complexity index is 1450. The molecule has 2 heterocycles. The second-order valence-corrected chi connectivity index (χ2v) is 9.70. The number of halogens is 5. The molecule has 37 heavy (non-hydrogen) atoms. The van der Waals surface area contributed by atoms with Gasteiger partial charge in [0.1, 0.15) is 16.8 Å². The van der Waals surface area contributed by atoms with Gasteiger partial charge in [-0.05, 0) is 48.2 Å². The van der Waals surface area contributed by atoms with Crippen LogP contribution in [-0.2, 0) is 15.8 Å². The number of rotatable bonds is 5. The predicted octanol–water partition coefficient (Wildman–Crippen LogP) is 7.03. The van der Waals surface area contributed by atoms with E-state index in [0.717, 1.165) is 23.1 Å². The number of carbonyl (C=O) groups is 2. The lowest BCUT2D eigenvalue weighted by molar-refractivity contribution is -0.137. The van der Waals surface area contributed by atoms with E-state index in [-0.39, 0.29) is 38.4 Å². The van der Waals surface area contributed by atoms with Crippen LogP contribution in [0.25, 0.3) is 5.76 Å². The highest BCUT2D eigenvalue weighted by Crippen LogP contribution is 2.49. The molecule has 2 aromatic carbocycles. The van der Waals surface area contributed by atoms with Crippen molar-refractivity contribution in [2.24, 2.45) is 0 Å². The molecule has 1 aliphatic heterocycles. The second-order valence-electron chi connectivity index (χ2n) is 7.97. The number of thiophene rings is 1. The van der Waals surface area contributed by atoms with Crippen LogP contribution in [0.1, 0.15) is 27.6 Å². The summed E-state index contributed by atoms with van der Waals surface area (Å²) in [6, 6.07) is 5.83. The minimum Gasteiger partial charge on any atom is -0.507 e. The van der Waals surface area contributed by atoms with Crippen LogP contribution in [-0.4, -0.2) is 31.0 Å². The summed E-state index contributed by atoms with van der Waals surface area (Å²) in [6.45, 7) is 1.72. The molecule has 1 saturated heterocycles. The molecule has 0 aliphatic carbocycles. The summed E-state index contributed by atoms with van der Waals surface area (Å²) in [5, 5.41) is 13.0. The van der Waals surface area contributed by atoms with Crippen molar-refractivity contribution in [3.05, 3.63) is 79.0 Å². The van der Waals surface area contributed by atoms with E-state index in [9.17, 15) is 27.9 Å². The first-order valence-corrected chi connectivity index (χ1v) is 12.2. The van der Waals surface area contributed by atoms with Gasteiger partial charge in [-0.3, -0.25) is 14.5 Å². The molecule has 1 aromatic heterocycles. The fourth-order valence-corrected chi connectivity index (χ4v) is 5.85. The number of aliphatic hydroxyl groups is 1. The third kappa shape index (κ3) is 4.54. The lowest BCUT2D eigenvalue weighted by Gasteiger charge is -2.26. The van der Waals surface area contributed by atoms with Gasteiger partial charge >= 0.3 is 6.18 Å². The molecular weight excluding hydrogens is 554 g/mol. The molecule has 1 N–H and O–H groups in total. The molecule has 1 aliphatic rings. The monoisotopic (exact) mass is 571 g/mol. The number of ether oxygens (including phenoxy) is 2. The highest BCUT2D eigenvalue weighted by atomic mass is 35.5. The summed E-state index contributed by atoms with van der Waals surface area (Å²) in [6.07, 6.45) is -4.68. The summed E-state index contributed by atoms with van der Waals surface area (Å²) < 4.78 is 50.8. The molecule has 1 atom stereocenters. The van der Waals surface area contributed by atoms with Gasteiger partial charge in [0.2, 0.25) is 0 Å². The number of aliphatic hydroxyl groups excluding tert-OH is 1. The topological polar surface area (TPSA) is 76.1 Å². The SMILES string of the molecule is COc1c(Cl)cc(/C(O)=C2\C(=O)C(=O)N(c3cccc(C(F)(F)F)c3)C2c2sccc2C)c(OC)c1Cl. The Labute approximate surface area is 223 Å². The minimum absolute atomic E-state index is 0.00851. The number of hydrogen-bond donors (Lipinski definition) is 1. The summed E-state index contributed by atoms with van der Waals surface area (Å²) in [7, 11) is 2.60. The Morgan fingerprint density at radius 3 is 2.32 bits per heavy atom. The van der Waals surface area contributed by atoms with Gasteiger partial charge in [0.25, 0.3) is 11.7 Å². The molecule has 0 bridgehead atoms. The first-order valence-electron chi connectivity index (χ1n) is 10.5. The zero-order valence-corrected chi connectivity index (χ0v) is 21.8. The summed E-state index contributed by atoms with van der Waals surface area (Å²) >= 11 is 13.8. The largest absolute Gasteiger partial charge is 0.507 e. The molecule has 0 radical (unpaired) electrons. The number of benzene rings is 2. The molecule has 4 rings (SSSR count). The number of nitrogens with zero attached hydrogens (tertiary/aromatic N) is 1. The summed E-state index contributed by atoms with van der Waals surface area (Å²) in [5.74, 6) is -2.88. The number of alkyl halides is 3. The molecule has 12 heteroatoms. The van der Waals surface area contributed by atoms with Crippen molar-refractivity contribution < 1.29 is 37.3 Å². The highest BCUT2D eigenvalue weighted by Gasteiger charge is 2.48. The van der Waals surface area contributed by atoms with Gasteiger partial charge in [-0.25, -0.2) is 0 Å². The first kappa shape index (κ1) is 26.8. The Kier molecular flexibility index (Phi) is 7.20. The van der Waals surface area contributed by atoms with E-state index in [1.807, 2.05) is 0 Å². The van der Waals surface area contributed by atoms with Crippen molar-refractivity contribution in [3.63, 3.8) is 0 Å². The predicted molar refractivity (Wildman–Crippen MR) is 135 cm³/mol. The zero-order chi connectivity index (χ0) is 27.2. The number of anilines is 1. The van der Waals surface area contributed by atoms with E-state index in [4.69, 9.17) is 32.7 Å². The third-order valence-electron chi connectivity index (χ3n) is 5.84. The van der Waals surface area contributed by atoms with Crippen molar-refractivity contribution in [3.8, 4) is 11.5 Å². The van der Waals surface area contributed by atoms with Gasteiger partial charge in [0, 0.05) is 10.6 Å². The minimum atomic E-state index is -4.68. The number of methoxy groups -OCH3 is 2. The maximum atomic E-state index is 13.4. The van der Waals surface area contributed by atoms with E-state index in [0.29, 0.717) is 10.4 Å². The Hall–Kier alpha value is -3.21. The van der Waals surface area contributed by atoms with Gasteiger partial charge < -0.3 is 14.6 Å². The number of amides is 1. The average Bonchev–Trinajstić information content (AvgIpc) is 3.38. The van der Waals surface area contributed by atoms with E-state index < -0.39 is 35.2 Å². The van der Waals surface area contributed by atoms with Gasteiger partial charge in [0.05, 0.1) is 35.9 Å². The molecule has 1 fully saturated rings. The molecule has 194 valence electrons. The van der Waals surface area contributed by atoms with Gasteiger partial charge in [0.15, 0.2) is 11.5 Å². The number of ketones is 1. The van der Waals surface area contributed by atoms with Crippen molar-refractivity contribution in [1.82, 2.24) is 0 Å².